The highest BCUT2D eigenvalue weighted by molar-refractivity contribution is 9.10. The minimum Gasteiger partial charge on any atom is -0.295 e. The summed E-state index contributed by atoms with van der Waals surface area (Å²) in [6.07, 6.45) is 0. The van der Waals surface area contributed by atoms with E-state index in [1.807, 2.05) is 0 Å². The number of nitrogens with one attached hydrogen (secondary N) is 1. The van der Waals surface area contributed by atoms with E-state index in [2.05, 4.69) is 20.7 Å². The summed E-state index contributed by atoms with van der Waals surface area (Å²) in [5.74, 6) is -0.850. The molecule has 0 radical (unpaired) electrons. The van der Waals surface area contributed by atoms with E-state index in [9.17, 15) is 17.6 Å². The summed E-state index contributed by atoms with van der Waals surface area (Å²) < 4.78 is 40.6. The highest BCUT2D eigenvalue weighted by Crippen LogP contribution is 2.27. The molecule has 0 unspecified atom stereocenters. The van der Waals surface area contributed by atoms with Gasteiger partial charge < -0.3 is 0 Å². The third kappa shape index (κ3) is 3.48. The fraction of sp³-hybridized carbons (Fsp3) is 0.0714. The first-order chi connectivity index (χ1) is 9.81. The second kappa shape index (κ2) is 5.95. The smallest absolute Gasteiger partial charge is 0.262 e. The maximum atomic E-state index is 13.7. The van der Waals surface area contributed by atoms with Gasteiger partial charge in [-0.3, -0.25) is 9.52 Å². The average molecular weight is 372 g/mol. The lowest BCUT2D eigenvalue weighted by Crippen LogP contribution is -2.14. The van der Waals surface area contributed by atoms with Gasteiger partial charge in [-0.15, -0.1) is 0 Å². The molecule has 0 saturated carbocycles. The lowest BCUT2D eigenvalue weighted by Gasteiger charge is -2.10. The zero-order chi connectivity index (χ0) is 15.6. The number of benzene rings is 2. The third-order valence-corrected chi connectivity index (χ3v) is 4.80. The molecule has 0 fully saturated rings. The number of carbonyl (C=O) groups excluding carboxylic acids is 1. The number of ketones is 1. The van der Waals surface area contributed by atoms with E-state index in [0.29, 0.717) is 10.0 Å². The van der Waals surface area contributed by atoms with Crippen molar-refractivity contribution < 1.29 is 17.6 Å². The van der Waals surface area contributed by atoms with Crippen molar-refractivity contribution in [1.82, 2.24) is 0 Å². The molecule has 0 aliphatic heterocycles. The number of hydrogen-bond acceptors (Lipinski definition) is 3. The van der Waals surface area contributed by atoms with Crippen LogP contribution in [0, 0.1) is 5.82 Å². The molecule has 2 aromatic rings. The molecule has 4 nitrogen and oxygen atoms in total. The van der Waals surface area contributed by atoms with Gasteiger partial charge in [-0.25, -0.2) is 12.8 Å². The average Bonchev–Trinajstić information content (AvgIpc) is 2.43. The van der Waals surface area contributed by atoms with E-state index in [4.69, 9.17) is 0 Å². The van der Waals surface area contributed by atoms with E-state index >= 15 is 0 Å². The number of carbonyl (C=O) groups is 1. The van der Waals surface area contributed by atoms with Gasteiger partial charge in [0.15, 0.2) is 5.78 Å². The Balaban J connectivity index is 2.36. The van der Waals surface area contributed by atoms with Crippen LogP contribution < -0.4 is 4.72 Å². The predicted molar refractivity (Wildman–Crippen MR) is 81.4 cm³/mol. The SMILES string of the molecule is CC(=O)c1ccc(S(=O)(=O)Nc2c(F)cccc2Br)cc1. The zero-order valence-electron chi connectivity index (χ0n) is 10.9. The molecule has 0 aromatic heterocycles. The van der Waals surface area contributed by atoms with Gasteiger partial charge >= 0.3 is 0 Å². The lowest BCUT2D eigenvalue weighted by atomic mass is 10.2. The molecular formula is C14H11BrFNO3S. The number of rotatable bonds is 4. The topological polar surface area (TPSA) is 63.2 Å². The van der Waals surface area contributed by atoms with Crippen molar-refractivity contribution in [3.05, 3.63) is 58.3 Å². The van der Waals surface area contributed by atoms with Gasteiger partial charge in [0.05, 0.1) is 10.6 Å². The maximum absolute atomic E-state index is 13.7. The Morgan fingerprint density at radius 3 is 2.29 bits per heavy atom. The lowest BCUT2D eigenvalue weighted by molar-refractivity contribution is 0.101. The highest BCUT2D eigenvalue weighted by atomic mass is 79.9. The van der Waals surface area contributed by atoms with Gasteiger partial charge in [-0.05, 0) is 47.1 Å². The summed E-state index contributed by atoms with van der Waals surface area (Å²) in [6.45, 7) is 1.39. The number of anilines is 1. The van der Waals surface area contributed by atoms with Crippen LogP contribution in [0.25, 0.3) is 0 Å². The van der Waals surface area contributed by atoms with Crippen LogP contribution in [0.4, 0.5) is 10.1 Å². The van der Waals surface area contributed by atoms with Gasteiger partial charge in [-0.2, -0.15) is 0 Å². The van der Waals surface area contributed by atoms with Crippen LogP contribution >= 0.6 is 15.9 Å². The third-order valence-electron chi connectivity index (χ3n) is 2.77. The summed E-state index contributed by atoms with van der Waals surface area (Å²) >= 11 is 3.09. The summed E-state index contributed by atoms with van der Waals surface area (Å²) in [7, 11) is -3.93. The second-order valence-electron chi connectivity index (χ2n) is 4.28. The van der Waals surface area contributed by atoms with Crippen LogP contribution in [-0.4, -0.2) is 14.2 Å². The second-order valence-corrected chi connectivity index (χ2v) is 6.82. The molecule has 0 saturated heterocycles. The highest BCUT2D eigenvalue weighted by Gasteiger charge is 2.18. The van der Waals surface area contributed by atoms with Crippen LogP contribution in [0.15, 0.2) is 51.8 Å². The van der Waals surface area contributed by atoms with E-state index in [1.54, 1.807) is 0 Å². The Kier molecular flexibility index (Phi) is 4.43. The van der Waals surface area contributed by atoms with Crippen molar-refractivity contribution in [3.8, 4) is 0 Å². The summed E-state index contributed by atoms with van der Waals surface area (Å²) in [5, 5.41) is 0. The first-order valence-electron chi connectivity index (χ1n) is 5.89. The van der Waals surface area contributed by atoms with E-state index in [1.165, 1.54) is 43.3 Å². The molecule has 0 heterocycles. The molecule has 7 heteroatoms. The minimum absolute atomic E-state index is 0.0531. The quantitative estimate of drug-likeness (QED) is 0.835. The molecule has 1 N–H and O–H groups in total. The molecule has 0 spiro atoms. The van der Waals surface area contributed by atoms with Crippen LogP contribution in [0.2, 0.25) is 0 Å². The number of sulfonamides is 1. The fourth-order valence-corrected chi connectivity index (χ4v) is 3.32. The van der Waals surface area contributed by atoms with Gasteiger partial charge in [0.2, 0.25) is 0 Å². The summed E-state index contributed by atoms with van der Waals surface area (Å²) in [5.41, 5.74) is 0.245. The van der Waals surface area contributed by atoms with Crippen molar-refractivity contribution in [2.45, 2.75) is 11.8 Å². The van der Waals surface area contributed by atoms with Crippen molar-refractivity contribution >= 4 is 37.4 Å². The molecule has 0 aliphatic carbocycles. The van der Waals surface area contributed by atoms with Crippen molar-refractivity contribution in [3.63, 3.8) is 0 Å². The van der Waals surface area contributed by atoms with Crippen LogP contribution in [0.1, 0.15) is 17.3 Å². The van der Waals surface area contributed by atoms with E-state index < -0.39 is 15.8 Å². The molecule has 0 atom stereocenters. The largest absolute Gasteiger partial charge is 0.295 e. The zero-order valence-corrected chi connectivity index (χ0v) is 13.3. The first-order valence-corrected chi connectivity index (χ1v) is 8.17. The molecule has 110 valence electrons. The molecule has 2 aromatic carbocycles. The van der Waals surface area contributed by atoms with Crippen molar-refractivity contribution in [2.24, 2.45) is 0 Å². The number of Topliss-reactive ketones (excluding diaryl/α,β-unsaturated/α-hetero) is 1. The van der Waals surface area contributed by atoms with Crippen molar-refractivity contribution in [1.29, 1.82) is 0 Å². The molecule has 0 bridgehead atoms. The van der Waals surface area contributed by atoms with Crippen LogP contribution in [0.3, 0.4) is 0 Å². The predicted octanol–water partition coefficient (Wildman–Crippen LogP) is 3.59. The van der Waals surface area contributed by atoms with Gasteiger partial charge in [-0.1, -0.05) is 18.2 Å². The fourth-order valence-electron chi connectivity index (χ4n) is 1.66. The summed E-state index contributed by atoms with van der Waals surface area (Å²) in [4.78, 5) is 11.1. The number of para-hydroxylation sites is 1. The van der Waals surface area contributed by atoms with E-state index in [-0.39, 0.29) is 16.4 Å². The Hall–Kier alpha value is -1.73. The van der Waals surface area contributed by atoms with Gasteiger partial charge in [0, 0.05) is 10.0 Å². The number of hydrogen-bond donors (Lipinski definition) is 1. The van der Waals surface area contributed by atoms with Gasteiger partial charge in [0.25, 0.3) is 10.0 Å². The molecular weight excluding hydrogens is 361 g/mol. The maximum Gasteiger partial charge on any atom is 0.262 e. The van der Waals surface area contributed by atoms with Crippen LogP contribution in [0.5, 0.6) is 0 Å². The Morgan fingerprint density at radius 1 is 1.14 bits per heavy atom. The van der Waals surface area contributed by atoms with E-state index in [0.717, 1.165) is 6.07 Å². The Labute approximate surface area is 130 Å². The molecule has 2 rings (SSSR count). The monoisotopic (exact) mass is 371 g/mol. The Morgan fingerprint density at radius 2 is 1.76 bits per heavy atom. The van der Waals surface area contributed by atoms with Gasteiger partial charge in [0.1, 0.15) is 5.82 Å². The standard InChI is InChI=1S/C14H11BrFNO3S/c1-9(18)10-5-7-11(8-6-10)21(19,20)17-14-12(15)3-2-4-13(14)16/h2-8,17H,1H3. The molecule has 0 aliphatic rings. The molecule has 21 heavy (non-hydrogen) atoms. The Bertz CT molecular complexity index is 768. The molecule has 0 amide bonds. The summed E-state index contributed by atoms with van der Waals surface area (Å²) in [6, 6.07) is 9.56. The minimum atomic E-state index is -3.93. The van der Waals surface area contributed by atoms with Crippen LogP contribution in [-0.2, 0) is 10.0 Å². The number of halogens is 2. The first kappa shape index (κ1) is 15.7. The van der Waals surface area contributed by atoms with Crippen molar-refractivity contribution in [2.75, 3.05) is 4.72 Å². The normalized spacial score (nSPS) is 11.2.